The van der Waals surface area contributed by atoms with E-state index in [9.17, 15) is 0 Å². The molecule has 1 unspecified atom stereocenters. The number of likely N-dealkylation sites (N-methyl/N-ethyl adjacent to an activating group) is 1. The van der Waals surface area contributed by atoms with Gasteiger partial charge in [-0.15, -0.1) is 11.3 Å². The van der Waals surface area contributed by atoms with Crippen molar-refractivity contribution < 1.29 is 0 Å². The van der Waals surface area contributed by atoms with Crippen LogP contribution in [0, 0.1) is 13.8 Å². The van der Waals surface area contributed by atoms with Crippen molar-refractivity contribution in [3.8, 4) is 0 Å². The highest BCUT2D eigenvalue weighted by molar-refractivity contribution is 9.13. The van der Waals surface area contributed by atoms with Gasteiger partial charge in [0.1, 0.15) is 0 Å². The number of aryl methyl sites for hydroxylation is 2. The van der Waals surface area contributed by atoms with Crippen LogP contribution in [0.25, 0.3) is 0 Å². The van der Waals surface area contributed by atoms with E-state index in [1.54, 1.807) is 11.3 Å². The largest absolute Gasteiger partial charge is 0.312 e. The van der Waals surface area contributed by atoms with Gasteiger partial charge in [0.25, 0.3) is 0 Å². The zero-order valence-corrected chi connectivity index (χ0v) is 15.2. The van der Waals surface area contributed by atoms with Gasteiger partial charge in [-0.25, -0.2) is 0 Å². The molecule has 19 heavy (non-hydrogen) atoms. The Morgan fingerprint density at radius 3 is 2.32 bits per heavy atom. The average molecular weight is 403 g/mol. The van der Waals surface area contributed by atoms with Gasteiger partial charge in [0.05, 0.1) is 3.79 Å². The van der Waals surface area contributed by atoms with Gasteiger partial charge in [0.15, 0.2) is 0 Å². The van der Waals surface area contributed by atoms with Crippen molar-refractivity contribution >= 4 is 43.2 Å². The van der Waals surface area contributed by atoms with Crippen LogP contribution in [-0.4, -0.2) is 7.05 Å². The first-order chi connectivity index (χ1) is 9.02. The van der Waals surface area contributed by atoms with Crippen LogP contribution >= 0.6 is 43.2 Å². The second-order valence-electron chi connectivity index (χ2n) is 4.69. The van der Waals surface area contributed by atoms with Crippen molar-refractivity contribution in [2.24, 2.45) is 0 Å². The summed E-state index contributed by atoms with van der Waals surface area (Å²) in [7, 11) is 2.03. The number of hydrogen-bond donors (Lipinski definition) is 1. The highest BCUT2D eigenvalue weighted by atomic mass is 79.9. The summed E-state index contributed by atoms with van der Waals surface area (Å²) >= 11 is 8.92. The molecule has 1 nitrogen and oxygen atoms in total. The molecule has 0 bridgehead atoms. The van der Waals surface area contributed by atoms with Gasteiger partial charge in [-0.3, -0.25) is 0 Å². The average Bonchev–Trinajstić information content (AvgIpc) is 2.69. The van der Waals surface area contributed by atoms with E-state index in [-0.39, 0.29) is 0 Å². The van der Waals surface area contributed by atoms with E-state index < -0.39 is 0 Å². The van der Waals surface area contributed by atoms with Gasteiger partial charge in [-0.2, -0.15) is 0 Å². The van der Waals surface area contributed by atoms with Crippen LogP contribution in [0.3, 0.4) is 0 Å². The van der Waals surface area contributed by atoms with Crippen LogP contribution in [0.2, 0.25) is 0 Å². The maximum Gasteiger partial charge on any atom is 0.0843 e. The van der Waals surface area contributed by atoms with E-state index in [0.717, 1.165) is 14.7 Å². The van der Waals surface area contributed by atoms with Gasteiger partial charge in [0, 0.05) is 15.4 Å². The molecule has 0 aliphatic heterocycles. The van der Waals surface area contributed by atoms with E-state index in [1.807, 2.05) is 7.05 Å². The van der Waals surface area contributed by atoms with Crippen molar-refractivity contribution in [1.29, 1.82) is 0 Å². The molecule has 0 saturated heterocycles. The summed E-state index contributed by atoms with van der Waals surface area (Å²) in [5.41, 5.74) is 4.19. The molecule has 4 heteroatoms. The number of rotatable bonds is 4. The first kappa shape index (κ1) is 15.2. The van der Waals surface area contributed by atoms with Crippen LogP contribution in [0.15, 0.2) is 32.5 Å². The Hall–Kier alpha value is -0.160. The molecular weight excluding hydrogens is 386 g/mol. The maximum atomic E-state index is 3.57. The number of halogens is 2. The van der Waals surface area contributed by atoms with E-state index in [0.29, 0.717) is 6.04 Å². The lowest BCUT2D eigenvalue weighted by molar-refractivity contribution is 0.599. The minimum absolute atomic E-state index is 0.354. The monoisotopic (exact) mass is 401 g/mol. The van der Waals surface area contributed by atoms with Gasteiger partial charge in [-0.05, 0) is 81.9 Å². The molecule has 0 aliphatic rings. The standard InChI is InChI=1S/C15H17Br2NS/c1-9-5-4-6-10(2)11(9)7-13(18-3)14-8-12(16)15(17)19-14/h4-6,8,13,18H,7H2,1-3H3. The molecule has 0 spiro atoms. The molecule has 1 N–H and O–H groups in total. The molecule has 1 heterocycles. The fraction of sp³-hybridized carbons (Fsp3) is 0.333. The van der Waals surface area contributed by atoms with Crippen LogP contribution in [0.5, 0.6) is 0 Å². The van der Waals surface area contributed by atoms with Gasteiger partial charge in [-0.1, -0.05) is 18.2 Å². The zero-order valence-electron chi connectivity index (χ0n) is 11.3. The first-order valence-corrected chi connectivity index (χ1v) is 8.60. The van der Waals surface area contributed by atoms with Crippen molar-refractivity contribution in [1.82, 2.24) is 5.32 Å². The summed E-state index contributed by atoms with van der Waals surface area (Å²) < 4.78 is 2.29. The predicted octanol–water partition coefficient (Wildman–Crippen LogP) is 5.39. The predicted molar refractivity (Wildman–Crippen MR) is 91.1 cm³/mol. The Balaban J connectivity index is 2.29. The number of nitrogens with one attached hydrogen (secondary N) is 1. The van der Waals surface area contributed by atoms with Crippen molar-refractivity contribution in [3.63, 3.8) is 0 Å². The van der Waals surface area contributed by atoms with E-state index >= 15 is 0 Å². The van der Waals surface area contributed by atoms with Crippen LogP contribution < -0.4 is 5.32 Å². The number of thiophene rings is 1. The molecule has 0 radical (unpaired) electrons. The molecule has 0 aliphatic carbocycles. The molecule has 0 saturated carbocycles. The number of hydrogen-bond acceptors (Lipinski definition) is 2. The molecular formula is C15H17Br2NS. The minimum atomic E-state index is 0.354. The van der Waals surface area contributed by atoms with E-state index in [1.165, 1.54) is 21.6 Å². The second kappa shape index (κ2) is 6.53. The Labute approximate surface area is 135 Å². The lowest BCUT2D eigenvalue weighted by Crippen LogP contribution is -2.18. The first-order valence-electron chi connectivity index (χ1n) is 6.20. The summed E-state index contributed by atoms with van der Waals surface area (Å²) in [6, 6.07) is 9.06. The molecule has 1 atom stereocenters. The molecule has 102 valence electrons. The molecule has 2 rings (SSSR count). The van der Waals surface area contributed by atoms with Crippen LogP contribution in [0.1, 0.15) is 27.6 Å². The number of benzene rings is 1. The Morgan fingerprint density at radius 1 is 1.21 bits per heavy atom. The normalized spacial score (nSPS) is 12.7. The Morgan fingerprint density at radius 2 is 1.84 bits per heavy atom. The van der Waals surface area contributed by atoms with Gasteiger partial charge >= 0.3 is 0 Å². The fourth-order valence-corrected chi connectivity index (χ4v) is 4.45. The smallest absolute Gasteiger partial charge is 0.0843 e. The highest BCUT2D eigenvalue weighted by Gasteiger charge is 2.16. The lowest BCUT2D eigenvalue weighted by atomic mass is 9.96. The van der Waals surface area contributed by atoms with Crippen molar-refractivity contribution in [2.45, 2.75) is 26.3 Å². The fourth-order valence-electron chi connectivity index (χ4n) is 2.26. The third-order valence-electron chi connectivity index (χ3n) is 3.41. The Bertz CT molecular complexity index is 538. The summed E-state index contributed by atoms with van der Waals surface area (Å²) in [4.78, 5) is 1.35. The molecule has 0 fully saturated rings. The van der Waals surface area contributed by atoms with Crippen molar-refractivity contribution in [2.75, 3.05) is 7.05 Å². The second-order valence-corrected chi connectivity index (χ2v) is 7.94. The highest BCUT2D eigenvalue weighted by Crippen LogP contribution is 2.36. The SMILES string of the molecule is CNC(Cc1c(C)cccc1C)c1cc(Br)c(Br)s1. The van der Waals surface area contributed by atoms with Gasteiger partial charge < -0.3 is 5.32 Å². The van der Waals surface area contributed by atoms with Crippen molar-refractivity contribution in [3.05, 3.63) is 54.1 Å². The minimum Gasteiger partial charge on any atom is -0.312 e. The summed E-state index contributed by atoms with van der Waals surface area (Å²) in [6.45, 7) is 4.38. The molecule has 2 aromatic rings. The van der Waals surface area contributed by atoms with Crippen LogP contribution in [-0.2, 0) is 6.42 Å². The third kappa shape index (κ3) is 3.48. The quantitative estimate of drug-likeness (QED) is 0.722. The van der Waals surface area contributed by atoms with Gasteiger partial charge in [0.2, 0.25) is 0 Å². The summed E-state index contributed by atoms with van der Waals surface area (Å²) in [6.07, 6.45) is 1.02. The molecule has 1 aromatic heterocycles. The molecule has 0 amide bonds. The zero-order chi connectivity index (χ0) is 14.0. The molecule has 1 aromatic carbocycles. The summed E-state index contributed by atoms with van der Waals surface area (Å²) in [5, 5.41) is 3.43. The third-order valence-corrected chi connectivity index (χ3v) is 6.78. The van der Waals surface area contributed by atoms with E-state index in [4.69, 9.17) is 0 Å². The maximum absolute atomic E-state index is 3.57. The lowest BCUT2D eigenvalue weighted by Gasteiger charge is -2.18. The Kier molecular flexibility index (Phi) is 5.23. The van der Waals surface area contributed by atoms with Crippen LogP contribution in [0.4, 0.5) is 0 Å². The van der Waals surface area contributed by atoms with E-state index in [2.05, 4.69) is 75.3 Å². The summed E-state index contributed by atoms with van der Waals surface area (Å²) in [5.74, 6) is 0. The topological polar surface area (TPSA) is 12.0 Å².